The Labute approximate surface area is 126 Å². The van der Waals surface area contributed by atoms with Crippen LogP contribution in [0, 0.1) is 5.41 Å². The van der Waals surface area contributed by atoms with Crippen LogP contribution in [0.15, 0.2) is 23.3 Å². The second-order valence-corrected chi connectivity index (χ2v) is 6.73. The first-order valence-electron chi connectivity index (χ1n) is 7.86. The molecule has 108 valence electrons. The Morgan fingerprint density at radius 1 is 1.40 bits per heavy atom. The van der Waals surface area contributed by atoms with Crippen molar-refractivity contribution in [3.63, 3.8) is 0 Å². The van der Waals surface area contributed by atoms with Gasteiger partial charge in [0.15, 0.2) is 0 Å². The van der Waals surface area contributed by atoms with Crippen molar-refractivity contribution in [3.8, 4) is 0 Å². The molecule has 1 saturated heterocycles. The van der Waals surface area contributed by atoms with Crippen molar-refractivity contribution >= 4 is 23.0 Å². The van der Waals surface area contributed by atoms with Gasteiger partial charge in [-0.25, -0.2) is 0 Å². The highest BCUT2D eigenvalue weighted by molar-refractivity contribution is 7.80. The lowest BCUT2D eigenvalue weighted by molar-refractivity contribution is -0.142. The van der Waals surface area contributed by atoms with Crippen LogP contribution in [0.4, 0.5) is 0 Å². The third-order valence-corrected chi connectivity index (χ3v) is 5.79. The summed E-state index contributed by atoms with van der Waals surface area (Å²) in [5, 5.41) is 0. The SMILES string of the molecule is CCN1C(=O)CC[C@]2(CC)C3=CCC(=S)C=C3CC[C@@H]12. The van der Waals surface area contributed by atoms with E-state index in [1.807, 2.05) is 0 Å². The predicted molar refractivity (Wildman–Crippen MR) is 85.7 cm³/mol. The van der Waals surface area contributed by atoms with Crippen LogP contribution in [0.1, 0.15) is 52.4 Å². The maximum absolute atomic E-state index is 12.2. The van der Waals surface area contributed by atoms with Gasteiger partial charge in [-0.05, 0) is 49.8 Å². The third kappa shape index (κ3) is 1.90. The molecule has 3 heteroatoms. The Kier molecular flexibility index (Phi) is 3.57. The first kappa shape index (κ1) is 14.0. The van der Waals surface area contributed by atoms with E-state index in [1.54, 1.807) is 0 Å². The highest BCUT2D eigenvalue weighted by atomic mass is 32.1. The maximum Gasteiger partial charge on any atom is 0.222 e. The molecule has 20 heavy (non-hydrogen) atoms. The summed E-state index contributed by atoms with van der Waals surface area (Å²) in [6.45, 7) is 5.24. The lowest BCUT2D eigenvalue weighted by Crippen LogP contribution is -2.57. The van der Waals surface area contributed by atoms with Crippen LogP contribution in [0.5, 0.6) is 0 Å². The lowest BCUT2D eigenvalue weighted by atomic mass is 9.58. The predicted octanol–water partition coefficient (Wildman–Crippen LogP) is 3.81. The average Bonchev–Trinajstić information content (AvgIpc) is 2.46. The molecule has 0 unspecified atom stereocenters. The van der Waals surface area contributed by atoms with Crippen LogP contribution >= 0.6 is 12.2 Å². The van der Waals surface area contributed by atoms with Crippen molar-refractivity contribution in [2.24, 2.45) is 5.41 Å². The number of thiocarbonyl (C=S) groups is 1. The highest BCUT2D eigenvalue weighted by Crippen LogP contribution is 2.54. The fourth-order valence-corrected chi connectivity index (χ4v) is 4.77. The molecule has 3 rings (SSSR count). The summed E-state index contributed by atoms with van der Waals surface area (Å²) < 4.78 is 0. The van der Waals surface area contributed by atoms with Gasteiger partial charge < -0.3 is 4.90 Å². The zero-order valence-electron chi connectivity index (χ0n) is 12.4. The summed E-state index contributed by atoms with van der Waals surface area (Å²) in [4.78, 5) is 15.4. The lowest BCUT2D eigenvalue weighted by Gasteiger charge is -2.54. The zero-order chi connectivity index (χ0) is 14.3. The molecular formula is C17H23NOS. The maximum atomic E-state index is 12.2. The standard InChI is InChI=1S/C17H23NOS/c1-3-17-10-9-16(19)18(4-2)15(17)8-5-12-11-13(20)6-7-14(12)17/h7,11,15H,3-6,8-10H2,1-2H3/t15-,17-/m1/s1. The summed E-state index contributed by atoms with van der Waals surface area (Å²) in [5.74, 6) is 0.348. The van der Waals surface area contributed by atoms with Gasteiger partial charge in [-0.2, -0.15) is 0 Å². The summed E-state index contributed by atoms with van der Waals surface area (Å²) in [5.41, 5.74) is 3.14. The number of nitrogens with zero attached hydrogens (tertiary/aromatic N) is 1. The van der Waals surface area contributed by atoms with Crippen molar-refractivity contribution < 1.29 is 4.79 Å². The largest absolute Gasteiger partial charge is 0.339 e. The molecule has 1 amide bonds. The van der Waals surface area contributed by atoms with E-state index in [1.165, 1.54) is 11.1 Å². The Balaban J connectivity index is 2.04. The van der Waals surface area contributed by atoms with Gasteiger partial charge in [-0.3, -0.25) is 4.79 Å². The number of hydrogen-bond acceptors (Lipinski definition) is 2. The molecule has 0 N–H and O–H groups in total. The number of amides is 1. The number of likely N-dealkylation sites (tertiary alicyclic amines) is 1. The number of hydrogen-bond donors (Lipinski definition) is 0. The number of carbonyl (C=O) groups excluding carboxylic acids is 1. The molecule has 2 atom stereocenters. The van der Waals surface area contributed by atoms with Crippen molar-refractivity contribution in [1.82, 2.24) is 4.90 Å². The van der Waals surface area contributed by atoms with E-state index >= 15 is 0 Å². The van der Waals surface area contributed by atoms with Gasteiger partial charge in [0.2, 0.25) is 5.91 Å². The third-order valence-electron chi connectivity index (χ3n) is 5.50. The molecule has 0 spiro atoms. The summed E-state index contributed by atoms with van der Waals surface area (Å²) in [6, 6.07) is 0.397. The van der Waals surface area contributed by atoms with Crippen molar-refractivity contribution in [2.45, 2.75) is 58.4 Å². The van der Waals surface area contributed by atoms with E-state index in [0.29, 0.717) is 18.4 Å². The Morgan fingerprint density at radius 2 is 2.20 bits per heavy atom. The van der Waals surface area contributed by atoms with Crippen LogP contribution in [-0.4, -0.2) is 28.3 Å². The second-order valence-electron chi connectivity index (χ2n) is 6.20. The Hall–Kier alpha value is -0.960. The number of rotatable bonds is 2. The summed E-state index contributed by atoms with van der Waals surface area (Å²) in [7, 11) is 0. The second kappa shape index (κ2) is 5.10. The molecule has 0 aromatic carbocycles. The number of carbonyl (C=O) groups is 1. The van der Waals surface area contributed by atoms with Gasteiger partial charge in [0.25, 0.3) is 0 Å². The van der Waals surface area contributed by atoms with Gasteiger partial charge in [0.1, 0.15) is 0 Å². The molecular weight excluding hydrogens is 266 g/mol. The van der Waals surface area contributed by atoms with Gasteiger partial charge in [0, 0.05) is 35.7 Å². The number of allylic oxidation sites excluding steroid dienone is 3. The van der Waals surface area contributed by atoms with E-state index in [0.717, 1.165) is 43.5 Å². The molecule has 2 aliphatic carbocycles. The van der Waals surface area contributed by atoms with Gasteiger partial charge in [0.05, 0.1) is 0 Å². The van der Waals surface area contributed by atoms with Gasteiger partial charge >= 0.3 is 0 Å². The number of piperidine rings is 1. The Bertz CT molecular complexity index is 519. The van der Waals surface area contributed by atoms with Crippen LogP contribution in [0.2, 0.25) is 0 Å². The summed E-state index contributed by atoms with van der Waals surface area (Å²) in [6.07, 6.45) is 10.5. The molecule has 1 heterocycles. The molecule has 1 aliphatic heterocycles. The van der Waals surface area contributed by atoms with E-state index in [2.05, 4.69) is 30.9 Å². The molecule has 0 aromatic rings. The Morgan fingerprint density at radius 3 is 2.90 bits per heavy atom. The summed E-state index contributed by atoms with van der Waals surface area (Å²) >= 11 is 5.37. The fraction of sp³-hybridized carbons (Fsp3) is 0.647. The van der Waals surface area contributed by atoms with E-state index in [9.17, 15) is 4.79 Å². The molecule has 1 saturated carbocycles. The first-order chi connectivity index (χ1) is 9.62. The number of fused-ring (bicyclic) bond motifs is 3. The minimum Gasteiger partial charge on any atom is -0.339 e. The molecule has 2 nitrogen and oxygen atoms in total. The van der Waals surface area contributed by atoms with Crippen molar-refractivity contribution in [2.75, 3.05) is 6.54 Å². The van der Waals surface area contributed by atoms with Crippen molar-refractivity contribution in [3.05, 3.63) is 23.3 Å². The normalized spacial score (nSPS) is 33.3. The van der Waals surface area contributed by atoms with Crippen molar-refractivity contribution in [1.29, 1.82) is 0 Å². The fourth-order valence-electron chi connectivity index (χ4n) is 4.55. The zero-order valence-corrected chi connectivity index (χ0v) is 13.3. The quantitative estimate of drug-likeness (QED) is 0.720. The molecule has 0 bridgehead atoms. The molecule has 3 aliphatic rings. The molecule has 0 aromatic heterocycles. The monoisotopic (exact) mass is 289 g/mol. The molecule has 2 fully saturated rings. The highest BCUT2D eigenvalue weighted by Gasteiger charge is 2.50. The van der Waals surface area contributed by atoms with E-state index < -0.39 is 0 Å². The first-order valence-corrected chi connectivity index (χ1v) is 8.27. The van der Waals surface area contributed by atoms with Crippen LogP contribution in [0.25, 0.3) is 0 Å². The van der Waals surface area contributed by atoms with E-state index in [4.69, 9.17) is 12.2 Å². The van der Waals surface area contributed by atoms with Crippen LogP contribution in [-0.2, 0) is 4.79 Å². The van der Waals surface area contributed by atoms with E-state index in [-0.39, 0.29) is 5.41 Å². The average molecular weight is 289 g/mol. The van der Waals surface area contributed by atoms with Gasteiger partial charge in [-0.15, -0.1) is 0 Å². The van der Waals surface area contributed by atoms with Gasteiger partial charge in [-0.1, -0.05) is 25.2 Å². The smallest absolute Gasteiger partial charge is 0.222 e. The minimum atomic E-state index is 0.185. The minimum absolute atomic E-state index is 0.185. The topological polar surface area (TPSA) is 20.3 Å². The van der Waals surface area contributed by atoms with Crippen LogP contribution < -0.4 is 0 Å². The van der Waals surface area contributed by atoms with Crippen LogP contribution in [0.3, 0.4) is 0 Å². The molecule has 0 radical (unpaired) electrons.